The summed E-state index contributed by atoms with van der Waals surface area (Å²) in [5, 5.41) is 0. The zero-order valence-electron chi connectivity index (χ0n) is 10.3. The summed E-state index contributed by atoms with van der Waals surface area (Å²) >= 11 is 0. The number of aromatic nitrogens is 1. The molecule has 0 aliphatic rings. The summed E-state index contributed by atoms with van der Waals surface area (Å²) in [7, 11) is -2.55. The van der Waals surface area contributed by atoms with Gasteiger partial charge in [-0.05, 0) is 6.07 Å². The molecular weight excluding hydrogens is 268 g/mol. The van der Waals surface area contributed by atoms with E-state index in [1.54, 1.807) is 0 Å². The first-order valence-electron chi connectivity index (χ1n) is 5.26. The Hall–Kier alpha value is -1.95. The van der Waals surface area contributed by atoms with Gasteiger partial charge in [0.25, 0.3) is 0 Å². The van der Waals surface area contributed by atoms with E-state index in [-0.39, 0.29) is 11.4 Å². The van der Waals surface area contributed by atoms with Gasteiger partial charge < -0.3 is 11.5 Å². The SMILES string of the molecule is CN(CC(N)=O)S(=O)(=O)c1cncc(C#CCN)c1. The third-order valence-electron chi connectivity index (χ3n) is 2.13. The molecule has 1 heterocycles. The number of pyridine rings is 1. The molecule has 0 aromatic carbocycles. The number of carbonyl (C=O) groups excluding carboxylic acids is 1. The first-order valence-corrected chi connectivity index (χ1v) is 6.70. The van der Waals surface area contributed by atoms with E-state index in [0.29, 0.717) is 5.56 Å². The van der Waals surface area contributed by atoms with Gasteiger partial charge in [-0.1, -0.05) is 11.8 Å². The topological polar surface area (TPSA) is 119 Å². The molecule has 0 spiro atoms. The van der Waals surface area contributed by atoms with E-state index in [1.165, 1.54) is 25.5 Å². The summed E-state index contributed by atoms with van der Waals surface area (Å²) in [6.07, 6.45) is 2.61. The Balaban J connectivity index is 3.11. The van der Waals surface area contributed by atoms with Crippen molar-refractivity contribution >= 4 is 15.9 Å². The van der Waals surface area contributed by atoms with Crippen LogP contribution >= 0.6 is 0 Å². The minimum absolute atomic E-state index is 0.0555. The smallest absolute Gasteiger partial charge is 0.244 e. The highest BCUT2D eigenvalue weighted by molar-refractivity contribution is 7.89. The number of carbonyl (C=O) groups is 1. The molecule has 1 amide bonds. The van der Waals surface area contributed by atoms with Crippen LogP contribution < -0.4 is 11.5 Å². The lowest BCUT2D eigenvalue weighted by atomic mass is 10.3. The van der Waals surface area contributed by atoms with Crippen LogP contribution in [-0.2, 0) is 14.8 Å². The standard InChI is InChI=1S/C11H14N4O3S/c1-15(8-11(13)16)19(17,18)10-5-9(3-2-4-12)6-14-7-10/h5-7H,4,8,12H2,1H3,(H2,13,16). The van der Waals surface area contributed by atoms with Crippen molar-refractivity contribution in [2.75, 3.05) is 20.1 Å². The second kappa shape index (κ2) is 6.29. The lowest BCUT2D eigenvalue weighted by Gasteiger charge is -2.14. The maximum absolute atomic E-state index is 12.1. The lowest BCUT2D eigenvalue weighted by Crippen LogP contribution is -2.35. The van der Waals surface area contributed by atoms with E-state index in [2.05, 4.69) is 16.8 Å². The van der Waals surface area contributed by atoms with Gasteiger partial charge in [-0.15, -0.1) is 0 Å². The van der Waals surface area contributed by atoms with Crippen LogP contribution in [0.4, 0.5) is 0 Å². The van der Waals surface area contributed by atoms with Gasteiger partial charge >= 0.3 is 0 Å². The third-order valence-corrected chi connectivity index (χ3v) is 3.90. The summed E-state index contributed by atoms with van der Waals surface area (Å²) in [4.78, 5) is 14.5. The highest BCUT2D eigenvalue weighted by Crippen LogP contribution is 2.13. The highest BCUT2D eigenvalue weighted by Gasteiger charge is 2.22. The molecule has 0 aliphatic heterocycles. The van der Waals surface area contributed by atoms with E-state index in [1.807, 2.05) is 0 Å². The Labute approximate surface area is 111 Å². The molecular formula is C11H14N4O3S. The number of likely N-dealkylation sites (N-methyl/N-ethyl adjacent to an activating group) is 1. The molecule has 0 bridgehead atoms. The minimum atomic E-state index is -3.81. The molecule has 4 N–H and O–H groups in total. The average Bonchev–Trinajstić information content (AvgIpc) is 2.35. The number of hydrogen-bond acceptors (Lipinski definition) is 5. The predicted octanol–water partition coefficient (Wildman–Crippen LogP) is -1.50. The molecule has 102 valence electrons. The molecule has 0 radical (unpaired) electrons. The van der Waals surface area contributed by atoms with Gasteiger partial charge in [0, 0.05) is 25.0 Å². The van der Waals surface area contributed by atoms with Crippen LogP contribution in [0.15, 0.2) is 23.4 Å². The Morgan fingerprint density at radius 2 is 2.16 bits per heavy atom. The average molecular weight is 282 g/mol. The number of rotatable bonds is 4. The second-order valence-corrected chi connectivity index (χ2v) is 5.69. The first-order chi connectivity index (χ1) is 8.87. The summed E-state index contributed by atoms with van der Waals surface area (Å²) < 4.78 is 25.1. The monoisotopic (exact) mass is 282 g/mol. The van der Waals surface area contributed by atoms with Crippen LogP contribution in [0, 0.1) is 11.8 Å². The molecule has 0 unspecified atom stereocenters. The van der Waals surface area contributed by atoms with E-state index >= 15 is 0 Å². The third kappa shape index (κ3) is 4.03. The quantitative estimate of drug-likeness (QED) is 0.651. The van der Waals surface area contributed by atoms with E-state index in [0.717, 1.165) is 4.31 Å². The molecule has 0 saturated carbocycles. The summed E-state index contributed by atoms with van der Waals surface area (Å²) in [6.45, 7) is -0.237. The number of sulfonamides is 1. The van der Waals surface area contributed by atoms with Crippen molar-refractivity contribution in [3.63, 3.8) is 0 Å². The largest absolute Gasteiger partial charge is 0.369 e. The van der Waals surface area contributed by atoms with E-state index < -0.39 is 22.5 Å². The number of primary amides is 1. The number of nitrogens with two attached hydrogens (primary N) is 2. The maximum atomic E-state index is 12.1. The lowest BCUT2D eigenvalue weighted by molar-refractivity contribution is -0.118. The van der Waals surface area contributed by atoms with Gasteiger partial charge in [0.2, 0.25) is 15.9 Å². The van der Waals surface area contributed by atoms with E-state index in [4.69, 9.17) is 11.5 Å². The van der Waals surface area contributed by atoms with Crippen LogP contribution in [0.5, 0.6) is 0 Å². The Bertz CT molecular complexity index is 631. The fraction of sp³-hybridized carbons (Fsp3) is 0.273. The van der Waals surface area contributed by atoms with Crippen LogP contribution in [0.3, 0.4) is 0 Å². The van der Waals surface area contributed by atoms with Crippen molar-refractivity contribution in [1.29, 1.82) is 0 Å². The van der Waals surface area contributed by atoms with Crippen molar-refractivity contribution in [2.45, 2.75) is 4.90 Å². The summed E-state index contributed by atoms with van der Waals surface area (Å²) in [5.41, 5.74) is 10.6. The van der Waals surface area contributed by atoms with Crippen LogP contribution in [0.2, 0.25) is 0 Å². The molecule has 7 nitrogen and oxygen atoms in total. The van der Waals surface area contributed by atoms with Crippen LogP contribution in [0.1, 0.15) is 5.56 Å². The Kier molecular flexibility index (Phi) is 5.00. The molecule has 1 aromatic rings. The number of hydrogen-bond donors (Lipinski definition) is 2. The van der Waals surface area contributed by atoms with Crippen molar-refractivity contribution in [1.82, 2.24) is 9.29 Å². The Morgan fingerprint density at radius 1 is 1.47 bits per heavy atom. The van der Waals surface area contributed by atoms with E-state index in [9.17, 15) is 13.2 Å². The molecule has 0 fully saturated rings. The molecule has 0 saturated heterocycles. The number of nitrogens with zero attached hydrogens (tertiary/aromatic N) is 2. The molecule has 19 heavy (non-hydrogen) atoms. The molecule has 0 atom stereocenters. The van der Waals surface area contributed by atoms with Gasteiger partial charge in [0.1, 0.15) is 4.90 Å². The van der Waals surface area contributed by atoms with Crippen LogP contribution in [0.25, 0.3) is 0 Å². The summed E-state index contributed by atoms with van der Waals surface area (Å²) in [6, 6.07) is 1.36. The van der Waals surface area contributed by atoms with Gasteiger partial charge in [0.05, 0.1) is 13.1 Å². The molecule has 1 aromatic heterocycles. The normalized spacial score (nSPS) is 10.9. The fourth-order valence-corrected chi connectivity index (χ4v) is 2.39. The highest BCUT2D eigenvalue weighted by atomic mass is 32.2. The van der Waals surface area contributed by atoms with Crippen molar-refractivity contribution < 1.29 is 13.2 Å². The fourth-order valence-electron chi connectivity index (χ4n) is 1.27. The zero-order valence-corrected chi connectivity index (χ0v) is 11.1. The molecule has 0 aliphatic carbocycles. The molecule has 8 heteroatoms. The first kappa shape index (κ1) is 15.1. The predicted molar refractivity (Wildman–Crippen MR) is 69.2 cm³/mol. The zero-order chi connectivity index (χ0) is 14.5. The van der Waals surface area contributed by atoms with Crippen molar-refractivity contribution in [3.8, 4) is 11.8 Å². The van der Waals surface area contributed by atoms with Crippen molar-refractivity contribution in [3.05, 3.63) is 24.0 Å². The maximum Gasteiger partial charge on any atom is 0.244 e. The van der Waals surface area contributed by atoms with Gasteiger partial charge in [-0.2, -0.15) is 4.31 Å². The van der Waals surface area contributed by atoms with Gasteiger partial charge in [0.15, 0.2) is 0 Å². The summed E-state index contributed by atoms with van der Waals surface area (Å²) in [5.74, 6) is 4.55. The molecule has 1 rings (SSSR count). The Morgan fingerprint density at radius 3 is 2.74 bits per heavy atom. The van der Waals surface area contributed by atoms with Gasteiger partial charge in [-0.25, -0.2) is 8.42 Å². The minimum Gasteiger partial charge on any atom is -0.369 e. The van der Waals surface area contributed by atoms with Crippen LogP contribution in [-0.4, -0.2) is 43.8 Å². The van der Waals surface area contributed by atoms with Gasteiger partial charge in [-0.3, -0.25) is 9.78 Å². The second-order valence-electron chi connectivity index (χ2n) is 3.64. The van der Waals surface area contributed by atoms with Crippen molar-refractivity contribution in [2.24, 2.45) is 11.5 Å². The number of amides is 1.